The first kappa shape index (κ1) is 13.1. The molecular weight excluding hydrogens is 330 g/mol. The zero-order valence-corrected chi connectivity index (χ0v) is 11.7. The fourth-order valence-corrected chi connectivity index (χ4v) is 2.76. The fraction of sp³-hybridized carbons (Fsp3) is 0.0714. The summed E-state index contributed by atoms with van der Waals surface area (Å²) in [4.78, 5) is 12.0. The van der Waals surface area contributed by atoms with Gasteiger partial charge in [0.25, 0.3) is 5.91 Å². The molecule has 6 heteroatoms. The molecule has 2 N–H and O–H groups in total. The predicted octanol–water partition coefficient (Wildman–Crippen LogP) is 3.83. The van der Waals surface area contributed by atoms with Crippen LogP contribution in [0.15, 0.2) is 40.9 Å². The highest BCUT2D eigenvalue weighted by atomic mass is 79.9. The van der Waals surface area contributed by atoms with E-state index in [1.165, 1.54) is 6.07 Å². The normalized spacial score (nSPS) is 16.8. The van der Waals surface area contributed by atoms with Crippen LogP contribution in [0.2, 0.25) is 0 Å². The molecule has 1 amide bonds. The average Bonchev–Trinajstić information content (AvgIpc) is 2.72. The van der Waals surface area contributed by atoms with Gasteiger partial charge in [0.2, 0.25) is 0 Å². The molecule has 0 aliphatic carbocycles. The van der Waals surface area contributed by atoms with Crippen molar-refractivity contribution in [3.8, 4) is 0 Å². The van der Waals surface area contributed by atoms with E-state index in [4.69, 9.17) is 0 Å². The third-order valence-electron chi connectivity index (χ3n) is 3.09. The number of carbonyl (C=O) groups excluding carboxylic acids is 1. The van der Waals surface area contributed by atoms with E-state index < -0.39 is 17.7 Å². The Morgan fingerprint density at radius 1 is 1.15 bits per heavy atom. The molecule has 1 atom stereocenters. The number of fused-ring (bicyclic) bond motifs is 1. The Bertz CT molecular complexity index is 706. The first-order valence-electron chi connectivity index (χ1n) is 5.87. The summed E-state index contributed by atoms with van der Waals surface area (Å²) in [5.41, 5.74) is 1.79. The van der Waals surface area contributed by atoms with Crippen LogP contribution in [0.5, 0.6) is 0 Å². The van der Waals surface area contributed by atoms with E-state index in [0.29, 0.717) is 11.4 Å². The monoisotopic (exact) mass is 338 g/mol. The average molecular weight is 339 g/mol. The van der Waals surface area contributed by atoms with Crippen molar-refractivity contribution in [2.24, 2.45) is 0 Å². The molecule has 0 radical (unpaired) electrons. The summed E-state index contributed by atoms with van der Waals surface area (Å²) in [5.74, 6) is -2.12. The van der Waals surface area contributed by atoms with E-state index in [1.807, 2.05) is 12.1 Å². The van der Waals surface area contributed by atoms with E-state index in [0.717, 1.165) is 22.2 Å². The van der Waals surface area contributed by atoms with Crippen molar-refractivity contribution in [2.45, 2.75) is 6.04 Å². The first-order chi connectivity index (χ1) is 9.56. The summed E-state index contributed by atoms with van der Waals surface area (Å²) in [6, 6.07) is 8.20. The SMILES string of the molecule is O=C1Nc2cccc(Br)c2C1Nc1ccc(F)c(F)c1. The largest absolute Gasteiger partial charge is 0.370 e. The van der Waals surface area contributed by atoms with Gasteiger partial charge in [0, 0.05) is 27.5 Å². The van der Waals surface area contributed by atoms with Gasteiger partial charge in [0.1, 0.15) is 6.04 Å². The lowest BCUT2D eigenvalue weighted by molar-refractivity contribution is -0.116. The maximum Gasteiger partial charge on any atom is 0.251 e. The quantitative estimate of drug-likeness (QED) is 0.873. The fourth-order valence-electron chi connectivity index (χ4n) is 2.17. The molecule has 0 aromatic heterocycles. The second-order valence-electron chi connectivity index (χ2n) is 4.40. The molecule has 1 unspecified atom stereocenters. The molecule has 0 spiro atoms. The minimum Gasteiger partial charge on any atom is -0.370 e. The molecule has 2 aromatic rings. The lowest BCUT2D eigenvalue weighted by Gasteiger charge is -2.14. The molecule has 2 aromatic carbocycles. The zero-order valence-electron chi connectivity index (χ0n) is 10.1. The number of hydrogen-bond donors (Lipinski definition) is 2. The molecule has 1 heterocycles. The third-order valence-corrected chi connectivity index (χ3v) is 3.78. The van der Waals surface area contributed by atoms with Gasteiger partial charge in [-0.3, -0.25) is 4.79 Å². The number of hydrogen-bond acceptors (Lipinski definition) is 2. The molecule has 1 aliphatic rings. The van der Waals surface area contributed by atoms with Crippen LogP contribution in [0.25, 0.3) is 0 Å². The van der Waals surface area contributed by atoms with E-state index in [9.17, 15) is 13.6 Å². The van der Waals surface area contributed by atoms with Crippen molar-refractivity contribution in [1.29, 1.82) is 0 Å². The number of halogens is 3. The Balaban J connectivity index is 1.96. The minimum atomic E-state index is -0.958. The molecule has 0 saturated heterocycles. The van der Waals surface area contributed by atoms with Crippen LogP contribution in [-0.2, 0) is 4.79 Å². The lowest BCUT2D eigenvalue weighted by atomic mass is 10.1. The van der Waals surface area contributed by atoms with Gasteiger partial charge < -0.3 is 10.6 Å². The Labute approximate surface area is 122 Å². The summed E-state index contributed by atoms with van der Waals surface area (Å²) >= 11 is 3.39. The van der Waals surface area contributed by atoms with Crippen LogP contribution in [-0.4, -0.2) is 5.91 Å². The zero-order chi connectivity index (χ0) is 14.3. The summed E-state index contributed by atoms with van der Waals surface area (Å²) < 4.78 is 26.9. The standard InChI is InChI=1S/C14H9BrF2N2O/c15-8-2-1-3-11-12(8)13(14(20)19-11)18-7-4-5-9(16)10(17)6-7/h1-6,13,18H,(H,19,20). The van der Waals surface area contributed by atoms with E-state index in [2.05, 4.69) is 26.6 Å². The molecule has 3 nitrogen and oxygen atoms in total. The van der Waals surface area contributed by atoms with Gasteiger partial charge in [0.05, 0.1) is 0 Å². The Morgan fingerprint density at radius 2 is 1.95 bits per heavy atom. The second kappa shape index (κ2) is 4.86. The second-order valence-corrected chi connectivity index (χ2v) is 5.25. The van der Waals surface area contributed by atoms with Crippen molar-refractivity contribution in [1.82, 2.24) is 0 Å². The first-order valence-corrected chi connectivity index (χ1v) is 6.66. The highest BCUT2D eigenvalue weighted by Gasteiger charge is 2.32. The van der Waals surface area contributed by atoms with Crippen LogP contribution in [0.1, 0.15) is 11.6 Å². The Morgan fingerprint density at radius 3 is 2.70 bits per heavy atom. The van der Waals surface area contributed by atoms with E-state index >= 15 is 0 Å². The minimum absolute atomic E-state index is 0.239. The van der Waals surface area contributed by atoms with Crippen LogP contribution in [0, 0.1) is 11.6 Å². The Kier molecular flexibility index (Phi) is 3.17. The number of carbonyl (C=O) groups is 1. The van der Waals surface area contributed by atoms with E-state index in [1.54, 1.807) is 6.07 Å². The number of benzene rings is 2. The molecule has 1 aliphatic heterocycles. The van der Waals surface area contributed by atoms with Crippen molar-refractivity contribution >= 4 is 33.2 Å². The predicted molar refractivity (Wildman–Crippen MR) is 75.5 cm³/mol. The van der Waals surface area contributed by atoms with E-state index in [-0.39, 0.29) is 5.91 Å². The summed E-state index contributed by atoms with van der Waals surface area (Å²) in [6.45, 7) is 0. The van der Waals surface area contributed by atoms with Crippen molar-refractivity contribution in [3.63, 3.8) is 0 Å². The van der Waals surface area contributed by atoms with Gasteiger partial charge in [-0.1, -0.05) is 22.0 Å². The topological polar surface area (TPSA) is 41.1 Å². The maximum absolute atomic E-state index is 13.2. The van der Waals surface area contributed by atoms with Crippen LogP contribution < -0.4 is 10.6 Å². The summed E-state index contributed by atoms with van der Waals surface area (Å²) in [5, 5.41) is 5.64. The van der Waals surface area contributed by atoms with Crippen molar-refractivity contribution < 1.29 is 13.6 Å². The van der Waals surface area contributed by atoms with Gasteiger partial charge in [-0.15, -0.1) is 0 Å². The molecule has 0 bridgehead atoms. The van der Waals surface area contributed by atoms with Gasteiger partial charge in [-0.05, 0) is 24.3 Å². The highest BCUT2D eigenvalue weighted by Crippen LogP contribution is 2.38. The summed E-state index contributed by atoms with van der Waals surface area (Å²) in [7, 11) is 0. The molecular formula is C14H9BrF2N2O. The van der Waals surface area contributed by atoms with Gasteiger partial charge >= 0.3 is 0 Å². The highest BCUT2D eigenvalue weighted by molar-refractivity contribution is 9.10. The maximum atomic E-state index is 13.2. The smallest absolute Gasteiger partial charge is 0.251 e. The van der Waals surface area contributed by atoms with Gasteiger partial charge in [-0.2, -0.15) is 0 Å². The summed E-state index contributed by atoms with van der Waals surface area (Å²) in [6.07, 6.45) is 0. The van der Waals surface area contributed by atoms with Crippen molar-refractivity contribution in [2.75, 3.05) is 10.6 Å². The lowest BCUT2D eigenvalue weighted by Crippen LogP contribution is -2.20. The number of anilines is 2. The van der Waals surface area contributed by atoms with Crippen LogP contribution >= 0.6 is 15.9 Å². The molecule has 3 rings (SSSR count). The van der Waals surface area contributed by atoms with Crippen LogP contribution in [0.3, 0.4) is 0 Å². The van der Waals surface area contributed by atoms with Crippen LogP contribution in [0.4, 0.5) is 20.2 Å². The number of rotatable bonds is 2. The van der Waals surface area contributed by atoms with Crippen molar-refractivity contribution in [3.05, 3.63) is 58.1 Å². The van der Waals surface area contributed by atoms with Gasteiger partial charge in [0.15, 0.2) is 11.6 Å². The third kappa shape index (κ3) is 2.16. The number of nitrogens with one attached hydrogen (secondary N) is 2. The molecule has 20 heavy (non-hydrogen) atoms. The van der Waals surface area contributed by atoms with Gasteiger partial charge in [-0.25, -0.2) is 8.78 Å². The molecule has 102 valence electrons. The Hall–Kier alpha value is -1.95. The molecule has 0 saturated carbocycles. The number of amides is 1. The molecule has 0 fully saturated rings.